The second-order valence-electron chi connectivity index (χ2n) is 5.10. The third-order valence-electron chi connectivity index (χ3n) is 3.74. The van der Waals surface area contributed by atoms with Gasteiger partial charge in [0.25, 0.3) is 0 Å². The Morgan fingerprint density at radius 3 is 2.71 bits per heavy atom. The molecule has 1 saturated carbocycles. The van der Waals surface area contributed by atoms with Crippen molar-refractivity contribution in [2.45, 2.75) is 39.0 Å². The molecule has 0 atom stereocenters. The van der Waals surface area contributed by atoms with Crippen LogP contribution in [0.25, 0.3) is 0 Å². The molecular weight excluding hydrogens is 239 g/mol. The zero-order valence-corrected chi connectivity index (χ0v) is 10.7. The van der Waals surface area contributed by atoms with Gasteiger partial charge in [-0.2, -0.15) is 0 Å². The quantitative estimate of drug-likeness (QED) is 0.791. The van der Waals surface area contributed by atoms with Crippen LogP contribution >= 0.6 is 11.6 Å². The van der Waals surface area contributed by atoms with Crippen LogP contribution in [-0.4, -0.2) is 5.78 Å². The maximum absolute atomic E-state index is 13.1. The maximum atomic E-state index is 13.1. The molecule has 17 heavy (non-hydrogen) atoms. The number of rotatable bonds is 3. The van der Waals surface area contributed by atoms with Crippen molar-refractivity contribution in [3.8, 4) is 0 Å². The maximum Gasteiger partial charge on any atom is 0.143 e. The summed E-state index contributed by atoms with van der Waals surface area (Å²) in [5.41, 5.74) is 0.375. The molecule has 1 aliphatic carbocycles. The Bertz CT molecular complexity index is 436. The Morgan fingerprint density at radius 1 is 1.41 bits per heavy atom. The van der Waals surface area contributed by atoms with E-state index in [1.54, 1.807) is 0 Å². The monoisotopic (exact) mass is 254 g/mol. The van der Waals surface area contributed by atoms with Crippen molar-refractivity contribution in [1.82, 2.24) is 0 Å². The standard InChI is InChI=1S/C14H16ClFO/c1-14(6-2-3-7-14)13(17)9-10-8-11(16)4-5-12(10)15/h4-5,8H,2-3,6-7,9H2,1H3. The Morgan fingerprint density at radius 2 is 2.06 bits per heavy atom. The Hall–Kier alpha value is -0.890. The van der Waals surface area contributed by atoms with Gasteiger partial charge in [0.2, 0.25) is 0 Å². The van der Waals surface area contributed by atoms with Gasteiger partial charge in [0.05, 0.1) is 0 Å². The highest BCUT2D eigenvalue weighted by Crippen LogP contribution is 2.39. The van der Waals surface area contributed by atoms with Crippen LogP contribution in [-0.2, 0) is 11.2 Å². The smallest absolute Gasteiger partial charge is 0.143 e. The Kier molecular flexibility index (Phi) is 3.53. The summed E-state index contributed by atoms with van der Waals surface area (Å²) in [6.45, 7) is 2.01. The van der Waals surface area contributed by atoms with Crippen LogP contribution in [0, 0.1) is 11.2 Å². The van der Waals surface area contributed by atoms with Gasteiger partial charge < -0.3 is 0 Å². The number of hydrogen-bond acceptors (Lipinski definition) is 1. The first-order chi connectivity index (χ1) is 8.01. The third kappa shape index (κ3) is 2.68. The van der Waals surface area contributed by atoms with Crippen LogP contribution in [0.4, 0.5) is 4.39 Å². The molecule has 0 saturated heterocycles. The first-order valence-electron chi connectivity index (χ1n) is 5.98. The van der Waals surface area contributed by atoms with Crippen molar-refractivity contribution in [3.63, 3.8) is 0 Å². The molecule has 1 nitrogen and oxygen atoms in total. The van der Waals surface area contributed by atoms with Crippen LogP contribution < -0.4 is 0 Å². The average molecular weight is 255 g/mol. The van der Waals surface area contributed by atoms with Crippen LogP contribution in [0.1, 0.15) is 38.2 Å². The summed E-state index contributed by atoms with van der Waals surface area (Å²) >= 11 is 5.97. The summed E-state index contributed by atoms with van der Waals surface area (Å²) in [7, 11) is 0. The van der Waals surface area contributed by atoms with E-state index in [1.807, 2.05) is 6.92 Å². The molecule has 0 radical (unpaired) electrons. The van der Waals surface area contributed by atoms with Crippen molar-refractivity contribution >= 4 is 17.4 Å². The van der Waals surface area contributed by atoms with Gasteiger partial charge >= 0.3 is 0 Å². The second kappa shape index (κ2) is 4.77. The molecule has 0 bridgehead atoms. The SMILES string of the molecule is CC1(C(=O)Cc2cc(F)ccc2Cl)CCCC1. The minimum Gasteiger partial charge on any atom is -0.299 e. The number of carbonyl (C=O) groups is 1. The first-order valence-corrected chi connectivity index (χ1v) is 6.36. The summed E-state index contributed by atoms with van der Waals surface area (Å²) in [6, 6.07) is 4.18. The summed E-state index contributed by atoms with van der Waals surface area (Å²) in [5.74, 6) is -0.156. The predicted octanol–water partition coefficient (Wildman–Crippen LogP) is 4.17. The molecule has 0 unspecified atom stereocenters. The fourth-order valence-electron chi connectivity index (χ4n) is 2.50. The van der Waals surface area contributed by atoms with E-state index < -0.39 is 0 Å². The number of hydrogen-bond donors (Lipinski definition) is 0. The lowest BCUT2D eigenvalue weighted by molar-refractivity contribution is -0.126. The highest BCUT2D eigenvalue weighted by atomic mass is 35.5. The fourth-order valence-corrected chi connectivity index (χ4v) is 2.68. The van der Waals surface area contributed by atoms with Crippen LogP contribution in [0.2, 0.25) is 5.02 Å². The molecule has 0 heterocycles. The van der Waals surface area contributed by atoms with Crippen LogP contribution in [0.15, 0.2) is 18.2 Å². The lowest BCUT2D eigenvalue weighted by atomic mass is 9.81. The van der Waals surface area contributed by atoms with E-state index in [4.69, 9.17) is 11.6 Å². The lowest BCUT2D eigenvalue weighted by Crippen LogP contribution is -2.26. The normalized spacial score (nSPS) is 18.3. The molecule has 92 valence electrons. The van der Waals surface area contributed by atoms with E-state index in [1.165, 1.54) is 18.2 Å². The molecule has 0 amide bonds. The van der Waals surface area contributed by atoms with Gasteiger partial charge in [-0.3, -0.25) is 4.79 Å². The minimum atomic E-state index is -0.339. The van der Waals surface area contributed by atoms with Gasteiger partial charge in [0, 0.05) is 16.9 Å². The van der Waals surface area contributed by atoms with Gasteiger partial charge in [-0.05, 0) is 36.6 Å². The molecule has 1 fully saturated rings. The molecule has 0 aromatic heterocycles. The molecule has 0 spiro atoms. The number of halogens is 2. The van der Waals surface area contributed by atoms with Crippen molar-refractivity contribution in [1.29, 1.82) is 0 Å². The highest BCUT2D eigenvalue weighted by Gasteiger charge is 2.35. The summed E-state index contributed by atoms with van der Waals surface area (Å²) in [4.78, 5) is 12.2. The lowest BCUT2D eigenvalue weighted by Gasteiger charge is -2.21. The van der Waals surface area contributed by atoms with Gasteiger partial charge in [-0.15, -0.1) is 0 Å². The van der Waals surface area contributed by atoms with E-state index in [-0.39, 0.29) is 23.4 Å². The van der Waals surface area contributed by atoms with Crippen molar-refractivity contribution in [3.05, 3.63) is 34.6 Å². The van der Waals surface area contributed by atoms with Gasteiger partial charge in [0.1, 0.15) is 11.6 Å². The first kappa shape index (κ1) is 12.6. The summed E-state index contributed by atoms with van der Waals surface area (Å²) < 4.78 is 13.1. The Balaban J connectivity index is 2.15. The summed E-state index contributed by atoms with van der Waals surface area (Å²) in [5, 5.41) is 0.473. The minimum absolute atomic E-state index is 0.183. The molecular formula is C14H16ClFO. The molecule has 1 aromatic carbocycles. The predicted molar refractivity (Wildman–Crippen MR) is 66.7 cm³/mol. The third-order valence-corrected chi connectivity index (χ3v) is 4.11. The second-order valence-corrected chi connectivity index (χ2v) is 5.51. The number of Topliss-reactive ketones (excluding diaryl/α,β-unsaturated/α-hetero) is 1. The number of ketones is 1. The average Bonchev–Trinajstić information content (AvgIpc) is 2.72. The van der Waals surface area contributed by atoms with E-state index in [0.717, 1.165) is 25.7 Å². The Labute approximate surface area is 106 Å². The van der Waals surface area contributed by atoms with E-state index >= 15 is 0 Å². The van der Waals surface area contributed by atoms with Crippen LogP contribution in [0.5, 0.6) is 0 Å². The van der Waals surface area contributed by atoms with Gasteiger partial charge in [-0.25, -0.2) is 4.39 Å². The van der Waals surface area contributed by atoms with E-state index in [9.17, 15) is 9.18 Å². The van der Waals surface area contributed by atoms with Crippen molar-refractivity contribution in [2.75, 3.05) is 0 Å². The number of carbonyl (C=O) groups excluding carboxylic acids is 1. The highest BCUT2D eigenvalue weighted by molar-refractivity contribution is 6.31. The van der Waals surface area contributed by atoms with Gasteiger partial charge in [-0.1, -0.05) is 31.4 Å². The molecule has 0 N–H and O–H groups in total. The molecule has 2 rings (SSSR count). The number of benzene rings is 1. The zero-order valence-electron chi connectivity index (χ0n) is 9.93. The van der Waals surface area contributed by atoms with Crippen molar-refractivity contribution < 1.29 is 9.18 Å². The van der Waals surface area contributed by atoms with E-state index in [0.29, 0.717) is 10.6 Å². The van der Waals surface area contributed by atoms with Crippen LogP contribution in [0.3, 0.4) is 0 Å². The van der Waals surface area contributed by atoms with Crippen molar-refractivity contribution in [2.24, 2.45) is 5.41 Å². The topological polar surface area (TPSA) is 17.1 Å². The molecule has 1 aliphatic rings. The summed E-state index contributed by atoms with van der Waals surface area (Å²) in [6.07, 6.45) is 4.35. The molecule has 0 aliphatic heterocycles. The van der Waals surface area contributed by atoms with E-state index in [2.05, 4.69) is 0 Å². The molecule has 3 heteroatoms. The zero-order chi connectivity index (χ0) is 12.5. The van der Waals surface area contributed by atoms with Gasteiger partial charge in [0.15, 0.2) is 0 Å². The largest absolute Gasteiger partial charge is 0.299 e. The molecule has 1 aromatic rings. The fraction of sp³-hybridized carbons (Fsp3) is 0.500.